The van der Waals surface area contributed by atoms with Gasteiger partial charge in [-0.3, -0.25) is 0 Å². The molecular formula is C20H26BrFN4O. The molecule has 1 saturated carbocycles. The zero-order valence-electron chi connectivity index (χ0n) is 16.0. The quantitative estimate of drug-likeness (QED) is 0.676. The van der Waals surface area contributed by atoms with E-state index in [-0.39, 0.29) is 17.2 Å². The average Bonchev–Trinajstić information content (AvgIpc) is 3.42. The molecule has 0 spiro atoms. The fraction of sp³-hybridized carbons (Fsp3) is 0.600. The Labute approximate surface area is 168 Å². The molecule has 1 saturated heterocycles. The van der Waals surface area contributed by atoms with Crippen LogP contribution in [0.4, 0.5) is 10.2 Å². The molecule has 0 amide bonds. The molecule has 2 heterocycles. The summed E-state index contributed by atoms with van der Waals surface area (Å²) in [5, 5.41) is 0.749. The summed E-state index contributed by atoms with van der Waals surface area (Å²) in [4.78, 5) is 13.5. The molecule has 2 aliphatic rings. The van der Waals surface area contributed by atoms with Crippen molar-refractivity contribution in [3.8, 4) is 6.01 Å². The molecule has 0 unspecified atom stereocenters. The average molecular weight is 437 g/mol. The predicted octanol–water partition coefficient (Wildman–Crippen LogP) is 4.24. The van der Waals surface area contributed by atoms with E-state index in [1.807, 2.05) is 6.07 Å². The molecule has 1 aromatic carbocycles. The van der Waals surface area contributed by atoms with Gasteiger partial charge in [-0.15, -0.1) is 0 Å². The van der Waals surface area contributed by atoms with E-state index in [0.717, 1.165) is 56.5 Å². The lowest BCUT2D eigenvalue weighted by Crippen LogP contribution is -2.31. The van der Waals surface area contributed by atoms with Gasteiger partial charge in [0.2, 0.25) is 0 Å². The van der Waals surface area contributed by atoms with Crippen molar-refractivity contribution in [3.63, 3.8) is 0 Å². The van der Waals surface area contributed by atoms with E-state index in [1.54, 1.807) is 6.07 Å². The smallest absolute Gasteiger partial charge is 0.319 e. The second-order valence-electron chi connectivity index (χ2n) is 8.16. The number of benzene rings is 1. The Morgan fingerprint density at radius 2 is 1.93 bits per heavy atom. The van der Waals surface area contributed by atoms with Gasteiger partial charge < -0.3 is 14.5 Å². The second-order valence-corrected chi connectivity index (χ2v) is 9.02. The van der Waals surface area contributed by atoms with Gasteiger partial charge in [0, 0.05) is 30.4 Å². The van der Waals surface area contributed by atoms with Crippen molar-refractivity contribution in [1.82, 2.24) is 14.9 Å². The van der Waals surface area contributed by atoms with Crippen molar-refractivity contribution in [2.24, 2.45) is 5.41 Å². The summed E-state index contributed by atoms with van der Waals surface area (Å²) in [6.07, 6.45) is 5.80. The van der Waals surface area contributed by atoms with Crippen molar-refractivity contribution < 1.29 is 9.13 Å². The molecule has 2 aromatic rings. The van der Waals surface area contributed by atoms with Gasteiger partial charge in [0.25, 0.3) is 0 Å². The van der Waals surface area contributed by atoms with Crippen LogP contribution in [0.5, 0.6) is 6.01 Å². The highest BCUT2D eigenvalue weighted by atomic mass is 79.9. The number of hydrogen-bond acceptors (Lipinski definition) is 5. The third kappa shape index (κ3) is 4.04. The van der Waals surface area contributed by atoms with E-state index in [4.69, 9.17) is 9.72 Å². The first-order chi connectivity index (χ1) is 13.0. The number of ether oxygens (including phenoxy) is 1. The van der Waals surface area contributed by atoms with Gasteiger partial charge in [-0.25, -0.2) is 4.39 Å². The molecule has 1 aliphatic carbocycles. The molecule has 0 atom stereocenters. The van der Waals surface area contributed by atoms with Crippen molar-refractivity contribution in [3.05, 3.63) is 22.4 Å². The Hall–Kier alpha value is -1.47. The fourth-order valence-electron chi connectivity index (χ4n) is 3.93. The van der Waals surface area contributed by atoms with Crippen LogP contribution in [0.3, 0.4) is 0 Å². The summed E-state index contributed by atoms with van der Waals surface area (Å²) in [6.45, 7) is 3.44. The Kier molecular flexibility index (Phi) is 5.25. The molecule has 0 bridgehead atoms. The molecule has 2 fully saturated rings. The van der Waals surface area contributed by atoms with Gasteiger partial charge in [-0.05, 0) is 74.3 Å². The van der Waals surface area contributed by atoms with Crippen LogP contribution in [-0.4, -0.2) is 55.2 Å². The molecule has 27 heavy (non-hydrogen) atoms. The van der Waals surface area contributed by atoms with Crippen LogP contribution >= 0.6 is 15.9 Å². The van der Waals surface area contributed by atoms with Crippen LogP contribution in [0.1, 0.15) is 32.1 Å². The van der Waals surface area contributed by atoms with Crippen LogP contribution in [-0.2, 0) is 0 Å². The van der Waals surface area contributed by atoms with E-state index in [2.05, 4.69) is 44.8 Å². The van der Waals surface area contributed by atoms with Gasteiger partial charge in [0.1, 0.15) is 11.3 Å². The highest BCUT2D eigenvalue weighted by molar-refractivity contribution is 9.10. The third-order valence-electron chi connectivity index (χ3n) is 5.49. The largest absolute Gasteiger partial charge is 0.463 e. The van der Waals surface area contributed by atoms with Gasteiger partial charge >= 0.3 is 6.01 Å². The minimum absolute atomic E-state index is 0.183. The maximum atomic E-state index is 14.8. The molecule has 146 valence electrons. The zero-order chi connectivity index (χ0) is 19.0. The molecule has 0 N–H and O–H groups in total. The number of nitrogens with zero attached hydrogens (tertiary/aromatic N) is 4. The van der Waals surface area contributed by atoms with Gasteiger partial charge in [-0.1, -0.05) is 0 Å². The maximum Gasteiger partial charge on any atom is 0.319 e. The van der Waals surface area contributed by atoms with Gasteiger partial charge in [-0.2, -0.15) is 9.97 Å². The standard InChI is InChI=1S/C20H26BrFN4O/c1-25(2)12-20(8-9-20)13-27-19-23-17-14(6-7-15(21)16(17)22)18(24-19)26-10-4-3-5-11-26/h6-7H,3-5,8-13H2,1-2H3. The Balaban J connectivity index is 1.67. The number of rotatable bonds is 6. The predicted molar refractivity (Wildman–Crippen MR) is 109 cm³/mol. The summed E-state index contributed by atoms with van der Waals surface area (Å²) >= 11 is 3.27. The lowest BCUT2D eigenvalue weighted by molar-refractivity contribution is 0.183. The summed E-state index contributed by atoms with van der Waals surface area (Å²) < 4.78 is 21.2. The number of halogens is 2. The van der Waals surface area contributed by atoms with Crippen LogP contribution in [0.15, 0.2) is 16.6 Å². The minimum atomic E-state index is -0.354. The highest BCUT2D eigenvalue weighted by Gasteiger charge is 2.44. The lowest BCUT2D eigenvalue weighted by Gasteiger charge is -2.29. The van der Waals surface area contributed by atoms with E-state index in [9.17, 15) is 4.39 Å². The summed E-state index contributed by atoms with van der Waals surface area (Å²) in [5.41, 5.74) is 0.510. The summed E-state index contributed by atoms with van der Waals surface area (Å²) in [5.74, 6) is 0.436. The molecule has 1 aromatic heterocycles. The highest BCUT2D eigenvalue weighted by Crippen LogP contribution is 2.46. The van der Waals surface area contributed by atoms with Gasteiger partial charge in [0.15, 0.2) is 5.82 Å². The number of aromatic nitrogens is 2. The second kappa shape index (κ2) is 7.51. The number of fused-ring (bicyclic) bond motifs is 1. The SMILES string of the molecule is CN(C)CC1(COc2nc(N3CCCCC3)c3ccc(Br)c(F)c3n2)CC1. The van der Waals surface area contributed by atoms with E-state index in [1.165, 1.54) is 6.42 Å². The van der Waals surface area contributed by atoms with Gasteiger partial charge in [0.05, 0.1) is 11.1 Å². The number of piperidine rings is 1. The monoisotopic (exact) mass is 436 g/mol. The van der Waals surface area contributed by atoms with Crippen molar-refractivity contribution in [2.45, 2.75) is 32.1 Å². The maximum absolute atomic E-state index is 14.8. The molecule has 4 rings (SSSR count). The number of hydrogen-bond donors (Lipinski definition) is 0. The van der Waals surface area contributed by atoms with Crippen molar-refractivity contribution in [2.75, 3.05) is 45.2 Å². The Bertz CT molecular complexity index is 834. The first kappa shape index (κ1) is 18.9. The number of anilines is 1. The van der Waals surface area contributed by atoms with E-state index >= 15 is 0 Å². The molecule has 7 heteroatoms. The first-order valence-electron chi connectivity index (χ1n) is 9.66. The van der Waals surface area contributed by atoms with Crippen molar-refractivity contribution in [1.29, 1.82) is 0 Å². The Morgan fingerprint density at radius 1 is 1.19 bits per heavy atom. The Morgan fingerprint density at radius 3 is 2.59 bits per heavy atom. The van der Waals surface area contributed by atoms with Crippen LogP contribution < -0.4 is 9.64 Å². The fourth-order valence-corrected chi connectivity index (χ4v) is 4.25. The van der Waals surface area contributed by atoms with Crippen molar-refractivity contribution >= 4 is 32.7 Å². The van der Waals surface area contributed by atoms with Crippen LogP contribution in [0, 0.1) is 11.2 Å². The lowest BCUT2D eigenvalue weighted by atomic mass is 10.1. The summed E-state index contributed by atoms with van der Waals surface area (Å²) in [7, 11) is 4.15. The minimum Gasteiger partial charge on any atom is -0.463 e. The molecule has 5 nitrogen and oxygen atoms in total. The van der Waals surface area contributed by atoms with Crippen LogP contribution in [0.25, 0.3) is 10.9 Å². The summed E-state index contributed by atoms with van der Waals surface area (Å²) in [6, 6.07) is 3.90. The van der Waals surface area contributed by atoms with Crippen LogP contribution in [0.2, 0.25) is 0 Å². The van der Waals surface area contributed by atoms with E-state index in [0.29, 0.717) is 16.6 Å². The third-order valence-corrected chi connectivity index (χ3v) is 6.10. The molecule has 0 radical (unpaired) electrons. The normalized spacial score (nSPS) is 18.9. The zero-order valence-corrected chi connectivity index (χ0v) is 17.6. The first-order valence-corrected chi connectivity index (χ1v) is 10.4. The van der Waals surface area contributed by atoms with E-state index < -0.39 is 0 Å². The topological polar surface area (TPSA) is 41.5 Å². The molecular weight excluding hydrogens is 411 g/mol. The molecule has 1 aliphatic heterocycles.